The summed E-state index contributed by atoms with van der Waals surface area (Å²) in [6.45, 7) is 6.18. The molecule has 35 heavy (non-hydrogen) atoms. The summed E-state index contributed by atoms with van der Waals surface area (Å²) in [4.78, 5) is 0. The molecular weight excluding hydrogens is 426 g/mol. The van der Waals surface area contributed by atoms with Gasteiger partial charge in [-0.15, -0.1) is 0 Å². The Kier molecular flexibility index (Phi) is 4.24. The van der Waals surface area contributed by atoms with Crippen molar-refractivity contribution in [3.8, 4) is 22.3 Å². The van der Waals surface area contributed by atoms with Crippen molar-refractivity contribution in [3.05, 3.63) is 115 Å². The van der Waals surface area contributed by atoms with Crippen molar-refractivity contribution in [2.24, 2.45) is 0 Å². The van der Waals surface area contributed by atoms with E-state index in [4.69, 9.17) is 4.42 Å². The number of para-hydroxylation sites is 2. The van der Waals surface area contributed by atoms with E-state index >= 15 is 0 Å². The molecular formula is C33H23NO. The Labute approximate surface area is 203 Å². The number of aryl methyl sites for hydroxylation is 1. The molecule has 2 nitrogen and oxygen atoms in total. The molecule has 0 radical (unpaired) electrons. The van der Waals surface area contributed by atoms with Gasteiger partial charge in [0.15, 0.2) is 0 Å². The molecule has 2 heteroatoms. The fraction of sp³-hybridized carbons (Fsp3) is 0.0303. The van der Waals surface area contributed by atoms with E-state index in [1.54, 1.807) is 0 Å². The summed E-state index contributed by atoms with van der Waals surface area (Å²) in [5.41, 5.74) is 10.2. The van der Waals surface area contributed by atoms with Crippen LogP contribution in [-0.2, 0) is 0 Å². The van der Waals surface area contributed by atoms with Gasteiger partial charge in [-0.1, -0.05) is 84.9 Å². The van der Waals surface area contributed by atoms with E-state index in [9.17, 15) is 0 Å². The number of fused-ring (bicyclic) bond motifs is 6. The summed E-state index contributed by atoms with van der Waals surface area (Å²) in [6.07, 6.45) is 1.90. The van der Waals surface area contributed by atoms with Crippen LogP contribution < -0.4 is 0 Å². The Morgan fingerprint density at radius 3 is 2.14 bits per heavy atom. The lowest BCUT2D eigenvalue weighted by atomic mass is 9.98. The second kappa shape index (κ2) is 7.48. The predicted octanol–water partition coefficient (Wildman–Crippen LogP) is 9.44. The first-order chi connectivity index (χ1) is 17.2. The lowest BCUT2D eigenvalue weighted by Crippen LogP contribution is -1.85. The zero-order chi connectivity index (χ0) is 23.5. The minimum atomic E-state index is 0.925. The maximum Gasteiger partial charge on any atom is 0.143 e. The van der Waals surface area contributed by atoms with Gasteiger partial charge in [-0.2, -0.15) is 0 Å². The average Bonchev–Trinajstić information content (AvgIpc) is 3.43. The third kappa shape index (κ3) is 2.97. The maximum absolute atomic E-state index is 6.25. The molecule has 2 aromatic heterocycles. The molecule has 0 atom stereocenters. The smallest absolute Gasteiger partial charge is 0.143 e. The molecule has 0 amide bonds. The van der Waals surface area contributed by atoms with Gasteiger partial charge in [0.2, 0.25) is 0 Å². The van der Waals surface area contributed by atoms with Gasteiger partial charge >= 0.3 is 0 Å². The highest BCUT2D eigenvalue weighted by molar-refractivity contribution is 6.11. The molecule has 7 aromatic rings. The molecule has 0 saturated carbocycles. The van der Waals surface area contributed by atoms with Crippen LogP contribution in [0.25, 0.3) is 72.2 Å². The first-order valence-electron chi connectivity index (χ1n) is 11.9. The van der Waals surface area contributed by atoms with Crippen LogP contribution in [0.3, 0.4) is 0 Å². The van der Waals surface area contributed by atoms with E-state index < -0.39 is 0 Å². The molecule has 0 saturated heterocycles. The standard InChI is InChI=1S/C33H23NO/c1-3-34-30-17-11-21(2)19-28(30)29-20-24(16-18-31(29)34)22-12-14-23(15-13-22)25-8-6-9-27-26-7-4-5-10-32(26)35-33(25)27/h3-20H,1H2,2H3. The van der Waals surface area contributed by atoms with E-state index in [0.29, 0.717) is 0 Å². The second-order valence-corrected chi connectivity index (χ2v) is 9.16. The average molecular weight is 450 g/mol. The lowest BCUT2D eigenvalue weighted by Gasteiger charge is -2.07. The third-order valence-electron chi connectivity index (χ3n) is 7.07. The molecule has 0 aliphatic carbocycles. The predicted molar refractivity (Wildman–Crippen MR) is 149 cm³/mol. The Hall–Kier alpha value is -4.56. The van der Waals surface area contributed by atoms with E-state index in [0.717, 1.165) is 33.1 Å². The highest BCUT2D eigenvalue weighted by Crippen LogP contribution is 2.37. The first kappa shape index (κ1) is 19.9. The molecule has 0 aliphatic heterocycles. The fourth-order valence-electron chi connectivity index (χ4n) is 5.36. The first-order valence-corrected chi connectivity index (χ1v) is 11.9. The van der Waals surface area contributed by atoms with Crippen LogP contribution in [-0.4, -0.2) is 4.57 Å². The lowest BCUT2D eigenvalue weighted by molar-refractivity contribution is 0.670. The van der Waals surface area contributed by atoms with Gasteiger partial charge in [0.25, 0.3) is 0 Å². The molecule has 5 aromatic carbocycles. The summed E-state index contributed by atoms with van der Waals surface area (Å²) in [5, 5.41) is 4.82. The van der Waals surface area contributed by atoms with Crippen LogP contribution in [0.5, 0.6) is 0 Å². The minimum absolute atomic E-state index is 0.925. The molecule has 0 aliphatic rings. The second-order valence-electron chi connectivity index (χ2n) is 9.16. The van der Waals surface area contributed by atoms with Crippen molar-refractivity contribution >= 4 is 49.9 Å². The van der Waals surface area contributed by atoms with Crippen molar-refractivity contribution in [1.82, 2.24) is 4.57 Å². The Morgan fingerprint density at radius 1 is 0.629 bits per heavy atom. The van der Waals surface area contributed by atoms with E-state index in [1.165, 1.54) is 38.5 Å². The summed E-state index contributed by atoms with van der Waals surface area (Å²) in [6, 6.07) is 36.7. The third-order valence-corrected chi connectivity index (χ3v) is 7.07. The van der Waals surface area contributed by atoms with Crippen LogP contribution in [0.2, 0.25) is 0 Å². The number of aromatic nitrogens is 1. The van der Waals surface area contributed by atoms with Gasteiger partial charge in [-0.25, -0.2) is 0 Å². The number of rotatable bonds is 3. The highest BCUT2D eigenvalue weighted by atomic mass is 16.3. The maximum atomic E-state index is 6.25. The summed E-state index contributed by atoms with van der Waals surface area (Å²) in [5.74, 6) is 0. The zero-order valence-electron chi connectivity index (χ0n) is 19.5. The van der Waals surface area contributed by atoms with Crippen LogP contribution in [0.1, 0.15) is 5.56 Å². The van der Waals surface area contributed by atoms with Gasteiger partial charge in [-0.3, -0.25) is 0 Å². The van der Waals surface area contributed by atoms with Crippen LogP contribution in [0.15, 0.2) is 114 Å². The topological polar surface area (TPSA) is 18.1 Å². The molecule has 2 heterocycles. The number of hydrogen-bond donors (Lipinski definition) is 0. The largest absolute Gasteiger partial charge is 0.455 e. The van der Waals surface area contributed by atoms with Gasteiger partial charge in [-0.05, 0) is 53.9 Å². The number of furan rings is 1. The molecule has 166 valence electrons. The van der Waals surface area contributed by atoms with Gasteiger partial charge in [0.05, 0.1) is 11.0 Å². The van der Waals surface area contributed by atoms with Crippen molar-refractivity contribution in [1.29, 1.82) is 0 Å². The summed E-state index contributed by atoms with van der Waals surface area (Å²) in [7, 11) is 0. The number of nitrogens with zero attached hydrogens (tertiary/aromatic N) is 1. The van der Waals surface area contributed by atoms with Crippen LogP contribution in [0.4, 0.5) is 0 Å². The van der Waals surface area contributed by atoms with Crippen molar-refractivity contribution < 1.29 is 4.42 Å². The molecule has 0 bridgehead atoms. The van der Waals surface area contributed by atoms with Crippen molar-refractivity contribution in [3.63, 3.8) is 0 Å². The Morgan fingerprint density at radius 2 is 1.31 bits per heavy atom. The van der Waals surface area contributed by atoms with Gasteiger partial charge < -0.3 is 8.98 Å². The van der Waals surface area contributed by atoms with Crippen LogP contribution in [0, 0.1) is 6.92 Å². The van der Waals surface area contributed by atoms with E-state index in [-0.39, 0.29) is 0 Å². The van der Waals surface area contributed by atoms with E-state index in [2.05, 4.69) is 109 Å². The summed E-state index contributed by atoms with van der Waals surface area (Å²) < 4.78 is 8.43. The fourth-order valence-corrected chi connectivity index (χ4v) is 5.36. The molecule has 0 N–H and O–H groups in total. The summed E-state index contributed by atoms with van der Waals surface area (Å²) >= 11 is 0. The zero-order valence-corrected chi connectivity index (χ0v) is 19.5. The van der Waals surface area contributed by atoms with Crippen LogP contribution >= 0.6 is 0 Å². The van der Waals surface area contributed by atoms with Crippen molar-refractivity contribution in [2.75, 3.05) is 0 Å². The van der Waals surface area contributed by atoms with Gasteiger partial charge in [0, 0.05) is 33.3 Å². The van der Waals surface area contributed by atoms with Crippen molar-refractivity contribution in [2.45, 2.75) is 6.92 Å². The molecule has 0 fully saturated rings. The van der Waals surface area contributed by atoms with Gasteiger partial charge in [0.1, 0.15) is 11.2 Å². The number of hydrogen-bond acceptors (Lipinski definition) is 1. The van der Waals surface area contributed by atoms with E-state index in [1.807, 2.05) is 18.3 Å². The molecule has 7 rings (SSSR count). The normalized spacial score (nSPS) is 11.7. The quantitative estimate of drug-likeness (QED) is 0.263. The molecule has 0 unspecified atom stereocenters. The number of benzene rings is 5. The highest BCUT2D eigenvalue weighted by Gasteiger charge is 2.13. The minimum Gasteiger partial charge on any atom is -0.455 e. The monoisotopic (exact) mass is 449 g/mol. The molecule has 0 spiro atoms. The SMILES string of the molecule is C=Cn1c2ccc(C)cc2c2cc(-c3ccc(-c4cccc5c4oc4ccccc45)cc3)ccc21. The Bertz CT molecular complexity index is 1920. The Balaban J connectivity index is 1.35.